The fourth-order valence-electron chi connectivity index (χ4n) is 1.81. The first kappa shape index (κ1) is 11.8. The molecular weight excluding hydrogens is 217 g/mol. The van der Waals surface area contributed by atoms with E-state index in [0.29, 0.717) is 6.54 Å². The molecule has 0 aliphatic heterocycles. The molecule has 0 atom stereocenters. The average Bonchev–Trinajstić information content (AvgIpc) is 2.77. The number of hydrogen-bond donors (Lipinski definition) is 1. The van der Waals surface area contributed by atoms with Crippen LogP contribution in [0.3, 0.4) is 0 Å². The number of nitrogens with zero attached hydrogens (tertiary/aromatic N) is 2. The zero-order valence-corrected chi connectivity index (χ0v) is 9.64. The second kappa shape index (κ2) is 5.59. The van der Waals surface area contributed by atoms with E-state index in [1.54, 1.807) is 0 Å². The van der Waals surface area contributed by atoms with Gasteiger partial charge in [-0.1, -0.05) is 12.1 Å². The Morgan fingerprint density at radius 2 is 1.94 bits per heavy atom. The summed E-state index contributed by atoms with van der Waals surface area (Å²) in [7, 11) is 0. The van der Waals surface area contributed by atoms with Gasteiger partial charge in [-0.2, -0.15) is 0 Å². The molecule has 0 saturated carbocycles. The van der Waals surface area contributed by atoms with E-state index < -0.39 is 0 Å². The lowest BCUT2D eigenvalue weighted by atomic mass is 10.1. The number of nitrogens with two attached hydrogens (primary N) is 1. The molecule has 2 rings (SSSR count). The summed E-state index contributed by atoms with van der Waals surface area (Å²) in [6.45, 7) is 1.48. The van der Waals surface area contributed by atoms with Gasteiger partial charge in [0.2, 0.25) is 0 Å². The van der Waals surface area contributed by atoms with Crippen molar-refractivity contribution in [3.8, 4) is 0 Å². The average molecular weight is 233 g/mol. The Hall–Kier alpha value is -1.68. The first-order valence-corrected chi connectivity index (χ1v) is 5.73. The number of benzene rings is 1. The topological polar surface area (TPSA) is 43.8 Å². The van der Waals surface area contributed by atoms with Gasteiger partial charge in [-0.15, -0.1) is 0 Å². The summed E-state index contributed by atoms with van der Waals surface area (Å²) in [6.07, 6.45) is 5.36. The van der Waals surface area contributed by atoms with E-state index in [1.165, 1.54) is 12.1 Å². The fourth-order valence-corrected chi connectivity index (χ4v) is 1.81. The number of halogens is 1. The fraction of sp³-hybridized carbons (Fsp3) is 0.308. The van der Waals surface area contributed by atoms with Crippen LogP contribution in [0.4, 0.5) is 4.39 Å². The van der Waals surface area contributed by atoms with Crippen molar-refractivity contribution in [2.75, 3.05) is 6.54 Å². The van der Waals surface area contributed by atoms with Crippen molar-refractivity contribution >= 4 is 0 Å². The van der Waals surface area contributed by atoms with Crippen molar-refractivity contribution in [1.29, 1.82) is 0 Å². The quantitative estimate of drug-likeness (QED) is 0.855. The van der Waals surface area contributed by atoms with Crippen LogP contribution in [0.25, 0.3) is 0 Å². The predicted octanol–water partition coefficient (Wildman–Crippen LogP) is 1.77. The molecule has 4 heteroatoms. The first-order valence-electron chi connectivity index (χ1n) is 5.73. The molecule has 0 saturated heterocycles. The van der Waals surface area contributed by atoms with Gasteiger partial charge in [0.05, 0.1) is 6.33 Å². The molecule has 0 fully saturated rings. The van der Waals surface area contributed by atoms with E-state index in [4.69, 9.17) is 5.73 Å². The number of hydrogen-bond acceptors (Lipinski definition) is 2. The molecule has 1 heterocycles. The van der Waals surface area contributed by atoms with Crippen LogP contribution in [-0.4, -0.2) is 16.1 Å². The van der Waals surface area contributed by atoms with E-state index >= 15 is 0 Å². The summed E-state index contributed by atoms with van der Waals surface area (Å²) >= 11 is 0. The molecule has 0 amide bonds. The van der Waals surface area contributed by atoms with E-state index in [2.05, 4.69) is 9.55 Å². The van der Waals surface area contributed by atoms with Crippen LogP contribution in [0.5, 0.6) is 0 Å². The van der Waals surface area contributed by atoms with Crippen LogP contribution in [0.2, 0.25) is 0 Å². The molecule has 2 aromatic rings. The lowest BCUT2D eigenvalue weighted by molar-refractivity contribution is 0.624. The summed E-state index contributed by atoms with van der Waals surface area (Å²) in [5, 5.41) is 0. The van der Waals surface area contributed by atoms with Crippen molar-refractivity contribution in [3.05, 3.63) is 53.9 Å². The third kappa shape index (κ3) is 3.14. The first-order chi connectivity index (χ1) is 8.29. The largest absolute Gasteiger partial charge is 0.334 e. The minimum absolute atomic E-state index is 0.194. The molecule has 3 nitrogen and oxygen atoms in total. The molecule has 1 aromatic heterocycles. The lowest BCUT2D eigenvalue weighted by Gasteiger charge is -2.07. The minimum atomic E-state index is -0.194. The maximum atomic E-state index is 12.7. The molecule has 0 aliphatic carbocycles. The lowest BCUT2D eigenvalue weighted by Crippen LogP contribution is -2.09. The number of imidazole rings is 1. The van der Waals surface area contributed by atoms with Crippen LogP contribution in [0.1, 0.15) is 11.3 Å². The molecule has 17 heavy (non-hydrogen) atoms. The number of rotatable bonds is 5. The highest BCUT2D eigenvalue weighted by Crippen LogP contribution is 2.07. The standard InChI is InChI=1S/C13H16FN3/c14-12-3-1-11(2-4-12)6-8-17-10-16-9-13(17)5-7-15/h1-4,9-10H,5-8,15H2. The van der Waals surface area contributed by atoms with Gasteiger partial charge in [0.15, 0.2) is 0 Å². The SMILES string of the molecule is NCCc1cncn1CCc1ccc(F)cc1. The monoisotopic (exact) mass is 233 g/mol. The third-order valence-electron chi connectivity index (χ3n) is 2.75. The van der Waals surface area contributed by atoms with Crippen LogP contribution in [0.15, 0.2) is 36.8 Å². The van der Waals surface area contributed by atoms with Crippen molar-refractivity contribution in [1.82, 2.24) is 9.55 Å². The summed E-state index contributed by atoms with van der Waals surface area (Å²) in [5.74, 6) is -0.194. The Bertz CT molecular complexity index is 462. The van der Waals surface area contributed by atoms with Crippen LogP contribution in [-0.2, 0) is 19.4 Å². The normalized spacial score (nSPS) is 10.7. The van der Waals surface area contributed by atoms with Crippen molar-refractivity contribution in [3.63, 3.8) is 0 Å². The highest BCUT2D eigenvalue weighted by molar-refractivity contribution is 5.16. The molecule has 0 unspecified atom stereocenters. The van der Waals surface area contributed by atoms with Crippen molar-refractivity contribution in [2.24, 2.45) is 5.73 Å². The van der Waals surface area contributed by atoms with Crippen LogP contribution >= 0.6 is 0 Å². The van der Waals surface area contributed by atoms with E-state index in [9.17, 15) is 4.39 Å². The van der Waals surface area contributed by atoms with Crippen molar-refractivity contribution in [2.45, 2.75) is 19.4 Å². The Kier molecular flexibility index (Phi) is 3.88. The summed E-state index contributed by atoms with van der Waals surface area (Å²) < 4.78 is 14.8. The Balaban J connectivity index is 1.97. The zero-order chi connectivity index (χ0) is 12.1. The van der Waals surface area contributed by atoms with Crippen LogP contribution in [0, 0.1) is 5.82 Å². The maximum Gasteiger partial charge on any atom is 0.123 e. The number of aryl methyl sites for hydroxylation is 2. The van der Waals surface area contributed by atoms with E-state index in [-0.39, 0.29) is 5.82 Å². The smallest absolute Gasteiger partial charge is 0.123 e. The van der Waals surface area contributed by atoms with Gasteiger partial charge in [-0.25, -0.2) is 9.37 Å². The minimum Gasteiger partial charge on any atom is -0.334 e. The zero-order valence-electron chi connectivity index (χ0n) is 9.64. The Morgan fingerprint density at radius 1 is 1.18 bits per heavy atom. The summed E-state index contributed by atoms with van der Waals surface area (Å²) in [5.41, 5.74) is 7.80. The van der Waals surface area contributed by atoms with E-state index in [1.807, 2.05) is 24.7 Å². The summed E-state index contributed by atoms with van der Waals surface area (Å²) in [4.78, 5) is 4.11. The maximum absolute atomic E-state index is 12.7. The molecular formula is C13H16FN3. The Morgan fingerprint density at radius 3 is 2.65 bits per heavy atom. The Labute approximate surface area is 100 Å². The number of aromatic nitrogens is 2. The molecule has 2 N–H and O–H groups in total. The van der Waals surface area contributed by atoms with Gasteiger partial charge in [0.1, 0.15) is 5.82 Å². The van der Waals surface area contributed by atoms with Crippen LogP contribution < -0.4 is 5.73 Å². The van der Waals surface area contributed by atoms with E-state index in [0.717, 1.165) is 30.6 Å². The van der Waals surface area contributed by atoms with Gasteiger partial charge in [-0.3, -0.25) is 0 Å². The van der Waals surface area contributed by atoms with Gasteiger partial charge in [0.25, 0.3) is 0 Å². The third-order valence-corrected chi connectivity index (χ3v) is 2.75. The highest BCUT2D eigenvalue weighted by Gasteiger charge is 2.01. The van der Waals surface area contributed by atoms with Gasteiger partial charge in [0, 0.05) is 24.9 Å². The van der Waals surface area contributed by atoms with Crippen molar-refractivity contribution < 1.29 is 4.39 Å². The van der Waals surface area contributed by atoms with Gasteiger partial charge >= 0.3 is 0 Å². The molecule has 1 aromatic carbocycles. The molecule has 90 valence electrons. The van der Waals surface area contributed by atoms with Gasteiger partial charge < -0.3 is 10.3 Å². The molecule has 0 bridgehead atoms. The van der Waals surface area contributed by atoms with Gasteiger partial charge in [-0.05, 0) is 30.7 Å². The molecule has 0 aliphatic rings. The molecule has 0 spiro atoms. The second-order valence-electron chi connectivity index (χ2n) is 3.99. The molecule has 0 radical (unpaired) electrons. The predicted molar refractivity (Wildman–Crippen MR) is 65.1 cm³/mol. The summed E-state index contributed by atoms with van der Waals surface area (Å²) in [6, 6.07) is 6.61. The highest BCUT2D eigenvalue weighted by atomic mass is 19.1. The second-order valence-corrected chi connectivity index (χ2v) is 3.99.